The second-order valence-corrected chi connectivity index (χ2v) is 6.30. The Labute approximate surface area is 142 Å². The zero-order valence-electron chi connectivity index (χ0n) is 13.9. The van der Waals surface area contributed by atoms with Crippen LogP contribution in [0, 0.1) is 0 Å². The van der Waals surface area contributed by atoms with E-state index in [1.54, 1.807) is 12.1 Å². The number of amides is 1. The molecule has 0 aliphatic carbocycles. The van der Waals surface area contributed by atoms with Gasteiger partial charge >= 0.3 is 0 Å². The summed E-state index contributed by atoms with van der Waals surface area (Å²) >= 11 is 7.53. The van der Waals surface area contributed by atoms with Gasteiger partial charge in [0.25, 0.3) is 5.91 Å². The fourth-order valence-electron chi connectivity index (χ4n) is 2.19. The molecule has 1 N–H and O–H groups in total. The Balaban J connectivity index is 2.75. The first-order valence-electron chi connectivity index (χ1n) is 7.40. The number of carbonyl (C=O) groups excluding carboxylic acids is 1. The smallest absolute Gasteiger partial charge is 0.251 e. The summed E-state index contributed by atoms with van der Waals surface area (Å²) in [5.74, 6) is 0.543. The minimum atomic E-state index is -0.126. The number of pyridine rings is 1. The van der Waals surface area contributed by atoms with Crippen LogP contribution in [0.5, 0.6) is 0 Å². The van der Waals surface area contributed by atoms with Gasteiger partial charge in [-0.05, 0) is 32.1 Å². The molecule has 0 saturated carbocycles. The summed E-state index contributed by atoms with van der Waals surface area (Å²) in [6.45, 7) is 8.90. The summed E-state index contributed by atoms with van der Waals surface area (Å²) in [5.41, 5.74) is 0.530. The van der Waals surface area contributed by atoms with E-state index >= 15 is 0 Å². The van der Waals surface area contributed by atoms with Crippen LogP contribution in [0.2, 0.25) is 5.15 Å². The van der Waals surface area contributed by atoms with E-state index in [0.717, 1.165) is 13.1 Å². The zero-order chi connectivity index (χ0) is 16.7. The second-order valence-electron chi connectivity index (χ2n) is 5.00. The standard InChI is InChI=1S/C15H25ClN4OS/c1-6-20(7-2)11(3)10-17-15(21)12-8-13(16)18-14(9-12)19(4)22-5/h8-9,11H,6-7,10H2,1-5H3,(H,17,21)/t11-/m0/s1. The van der Waals surface area contributed by atoms with Crippen molar-refractivity contribution in [2.75, 3.05) is 37.2 Å². The van der Waals surface area contributed by atoms with Gasteiger partial charge in [0.05, 0.1) is 0 Å². The van der Waals surface area contributed by atoms with Crippen LogP contribution >= 0.6 is 23.5 Å². The molecule has 5 nitrogen and oxygen atoms in total. The third-order valence-corrected chi connectivity index (χ3v) is 4.56. The number of hydrogen-bond donors (Lipinski definition) is 1. The lowest BCUT2D eigenvalue weighted by molar-refractivity contribution is 0.0938. The van der Waals surface area contributed by atoms with Crippen molar-refractivity contribution in [3.63, 3.8) is 0 Å². The van der Waals surface area contributed by atoms with Gasteiger partial charge in [0.2, 0.25) is 0 Å². The van der Waals surface area contributed by atoms with Gasteiger partial charge in [-0.3, -0.25) is 9.69 Å². The molecule has 0 unspecified atom stereocenters. The lowest BCUT2D eigenvalue weighted by Crippen LogP contribution is -2.42. The number of carbonyl (C=O) groups is 1. The van der Waals surface area contributed by atoms with Crippen molar-refractivity contribution < 1.29 is 4.79 Å². The van der Waals surface area contributed by atoms with Gasteiger partial charge in [-0.2, -0.15) is 0 Å². The number of aromatic nitrogens is 1. The van der Waals surface area contributed by atoms with Crippen molar-refractivity contribution >= 4 is 35.3 Å². The van der Waals surface area contributed by atoms with Crippen LogP contribution in [0.1, 0.15) is 31.1 Å². The van der Waals surface area contributed by atoms with Gasteiger partial charge in [0, 0.05) is 31.5 Å². The first-order valence-corrected chi connectivity index (χ1v) is 8.96. The first-order chi connectivity index (χ1) is 10.4. The minimum absolute atomic E-state index is 0.126. The fraction of sp³-hybridized carbons (Fsp3) is 0.600. The van der Waals surface area contributed by atoms with Crippen molar-refractivity contribution in [3.05, 3.63) is 22.8 Å². The molecule has 0 saturated heterocycles. The Morgan fingerprint density at radius 2 is 2.05 bits per heavy atom. The fourth-order valence-corrected chi connectivity index (χ4v) is 2.67. The highest BCUT2D eigenvalue weighted by molar-refractivity contribution is 7.99. The second kappa shape index (κ2) is 9.22. The van der Waals surface area contributed by atoms with Crippen molar-refractivity contribution in [2.24, 2.45) is 0 Å². The largest absolute Gasteiger partial charge is 0.350 e. The first kappa shape index (κ1) is 19.1. The summed E-state index contributed by atoms with van der Waals surface area (Å²) < 4.78 is 1.86. The molecule has 0 spiro atoms. The molecule has 1 heterocycles. The average Bonchev–Trinajstić information content (AvgIpc) is 2.52. The molecule has 0 bridgehead atoms. The third-order valence-electron chi connectivity index (χ3n) is 3.63. The number of halogens is 1. The summed E-state index contributed by atoms with van der Waals surface area (Å²) in [7, 11) is 1.88. The van der Waals surface area contributed by atoms with Gasteiger partial charge in [-0.25, -0.2) is 4.98 Å². The van der Waals surface area contributed by atoms with Crippen LogP contribution < -0.4 is 9.62 Å². The molecule has 1 aromatic heterocycles. The molecule has 1 atom stereocenters. The Kier molecular flexibility index (Phi) is 8.00. The maximum Gasteiger partial charge on any atom is 0.251 e. The van der Waals surface area contributed by atoms with Crippen LogP contribution in [0.3, 0.4) is 0 Å². The SMILES string of the molecule is CCN(CC)[C@@H](C)CNC(=O)c1cc(Cl)nc(N(C)SC)c1. The van der Waals surface area contributed by atoms with Crippen LogP contribution in [-0.4, -0.2) is 54.8 Å². The Bertz CT molecular complexity index is 496. The van der Waals surface area contributed by atoms with Crippen molar-refractivity contribution in [3.8, 4) is 0 Å². The number of nitrogens with zero attached hydrogens (tertiary/aromatic N) is 3. The predicted octanol–water partition coefficient (Wildman–Crippen LogP) is 2.91. The summed E-state index contributed by atoms with van der Waals surface area (Å²) in [4.78, 5) is 18.8. The van der Waals surface area contributed by atoms with E-state index in [2.05, 4.69) is 36.0 Å². The van der Waals surface area contributed by atoms with E-state index in [1.165, 1.54) is 11.9 Å². The number of hydrogen-bond acceptors (Lipinski definition) is 5. The van der Waals surface area contributed by atoms with Crippen LogP contribution in [-0.2, 0) is 0 Å². The highest BCUT2D eigenvalue weighted by atomic mass is 35.5. The molecule has 7 heteroatoms. The van der Waals surface area contributed by atoms with E-state index in [1.807, 2.05) is 17.6 Å². The molecule has 1 aromatic rings. The third kappa shape index (κ3) is 5.34. The van der Waals surface area contributed by atoms with Crippen LogP contribution in [0.15, 0.2) is 12.1 Å². The molecule has 1 rings (SSSR count). The van der Waals surface area contributed by atoms with E-state index in [0.29, 0.717) is 29.1 Å². The molecule has 0 aliphatic heterocycles. The topological polar surface area (TPSA) is 48.5 Å². The van der Waals surface area contributed by atoms with Crippen molar-refractivity contribution in [1.82, 2.24) is 15.2 Å². The summed E-state index contributed by atoms with van der Waals surface area (Å²) in [5, 5.41) is 3.29. The van der Waals surface area contributed by atoms with Gasteiger partial charge in [-0.15, -0.1) is 0 Å². The quantitative estimate of drug-likeness (QED) is 0.580. The molecule has 0 radical (unpaired) electrons. The van der Waals surface area contributed by atoms with E-state index in [-0.39, 0.29) is 5.91 Å². The highest BCUT2D eigenvalue weighted by Crippen LogP contribution is 2.21. The van der Waals surface area contributed by atoms with E-state index in [4.69, 9.17) is 11.6 Å². The van der Waals surface area contributed by atoms with Crippen molar-refractivity contribution in [1.29, 1.82) is 0 Å². The molecule has 124 valence electrons. The number of nitrogens with one attached hydrogen (secondary N) is 1. The highest BCUT2D eigenvalue weighted by Gasteiger charge is 2.14. The van der Waals surface area contributed by atoms with Crippen LogP contribution in [0.4, 0.5) is 5.82 Å². The molecule has 1 amide bonds. The molecular weight excluding hydrogens is 320 g/mol. The number of anilines is 1. The summed E-state index contributed by atoms with van der Waals surface area (Å²) in [6, 6.07) is 3.64. The molecule has 0 aliphatic rings. The van der Waals surface area contributed by atoms with Gasteiger partial charge < -0.3 is 9.62 Å². The normalized spacial score (nSPS) is 12.3. The molecular formula is C15H25ClN4OS. The lowest BCUT2D eigenvalue weighted by Gasteiger charge is -2.26. The van der Waals surface area contributed by atoms with Gasteiger partial charge in [0.1, 0.15) is 11.0 Å². The van der Waals surface area contributed by atoms with Crippen LogP contribution in [0.25, 0.3) is 0 Å². The van der Waals surface area contributed by atoms with E-state index < -0.39 is 0 Å². The maximum absolute atomic E-state index is 12.3. The predicted molar refractivity (Wildman–Crippen MR) is 95.9 cm³/mol. The Morgan fingerprint density at radius 3 is 2.59 bits per heavy atom. The average molecular weight is 345 g/mol. The monoisotopic (exact) mass is 344 g/mol. The Hall–Kier alpha value is -0.980. The van der Waals surface area contributed by atoms with Gasteiger partial charge in [-0.1, -0.05) is 37.4 Å². The maximum atomic E-state index is 12.3. The molecule has 0 aromatic carbocycles. The zero-order valence-corrected chi connectivity index (χ0v) is 15.5. The summed E-state index contributed by atoms with van der Waals surface area (Å²) in [6.07, 6.45) is 1.94. The van der Waals surface area contributed by atoms with Crippen molar-refractivity contribution in [2.45, 2.75) is 26.8 Å². The van der Waals surface area contributed by atoms with Gasteiger partial charge in [0.15, 0.2) is 0 Å². The molecule has 22 heavy (non-hydrogen) atoms. The number of rotatable bonds is 8. The number of likely N-dealkylation sites (N-methyl/N-ethyl adjacent to an activating group) is 1. The Morgan fingerprint density at radius 1 is 1.41 bits per heavy atom. The lowest BCUT2D eigenvalue weighted by atomic mass is 10.2. The van der Waals surface area contributed by atoms with E-state index in [9.17, 15) is 4.79 Å². The minimum Gasteiger partial charge on any atom is -0.350 e. The molecule has 0 fully saturated rings.